The Balaban J connectivity index is 1.46. The first-order chi connectivity index (χ1) is 13.3. The molecule has 5 rings (SSSR count). The molecule has 0 bridgehead atoms. The third kappa shape index (κ3) is 2.93. The SMILES string of the molecule is Cn1cnnc1C1CN(Cc2cccc3cccnc23)CC12CCOCC2. The van der Waals surface area contributed by atoms with Crippen LogP contribution < -0.4 is 0 Å². The summed E-state index contributed by atoms with van der Waals surface area (Å²) in [5.74, 6) is 1.51. The van der Waals surface area contributed by atoms with Crippen LogP contribution in [0.15, 0.2) is 42.9 Å². The van der Waals surface area contributed by atoms with Crippen LogP contribution in [-0.2, 0) is 18.3 Å². The van der Waals surface area contributed by atoms with Crippen molar-refractivity contribution in [3.63, 3.8) is 0 Å². The molecule has 0 amide bonds. The molecule has 2 aliphatic heterocycles. The molecular weight excluding hydrogens is 338 g/mol. The summed E-state index contributed by atoms with van der Waals surface area (Å²) in [4.78, 5) is 7.21. The molecule has 0 saturated carbocycles. The second-order valence-electron chi connectivity index (χ2n) is 7.99. The average Bonchev–Trinajstić information content (AvgIpc) is 3.26. The van der Waals surface area contributed by atoms with Gasteiger partial charge in [-0.3, -0.25) is 9.88 Å². The van der Waals surface area contributed by atoms with Crippen molar-refractivity contribution in [2.24, 2.45) is 12.5 Å². The summed E-state index contributed by atoms with van der Waals surface area (Å²) in [6.45, 7) is 4.70. The van der Waals surface area contributed by atoms with Gasteiger partial charge in [0.25, 0.3) is 0 Å². The molecular formula is C21H25N5O. The van der Waals surface area contributed by atoms with Gasteiger partial charge >= 0.3 is 0 Å². The molecule has 2 fully saturated rings. The van der Waals surface area contributed by atoms with Crippen molar-refractivity contribution in [3.8, 4) is 0 Å². The zero-order valence-corrected chi connectivity index (χ0v) is 15.7. The molecule has 1 aromatic carbocycles. The van der Waals surface area contributed by atoms with Crippen molar-refractivity contribution in [1.82, 2.24) is 24.6 Å². The first kappa shape index (κ1) is 16.8. The zero-order chi connectivity index (χ0) is 18.3. The molecule has 2 saturated heterocycles. The lowest BCUT2D eigenvalue weighted by atomic mass is 9.72. The second kappa shape index (κ2) is 6.69. The number of aryl methyl sites for hydroxylation is 1. The van der Waals surface area contributed by atoms with Gasteiger partial charge in [0.1, 0.15) is 12.2 Å². The topological polar surface area (TPSA) is 56.1 Å². The molecule has 3 aromatic rings. The predicted octanol–water partition coefficient (Wildman–Crippen LogP) is 2.76. The number of nitrogens with zero attached hydrogens (tertiary/aromatic N) is 5. The highest BCUT2D eigenvalue weighted by Gasteiger charge is 2.49. The van der Waals surface area contributed by atoms with E-state index in [0.717, 1.165) is 57.0 Å². The minimum atomic E-state index is 0.233. The Morgan fingerprint density at radius 3 is 2.85 bits per heavy atom. The molecule has 6 nitrogen and oxygen atoms in total. The predicted molar refractivity (Wildman–Crippen MR) is 103 cm³/mol. The van der Waals surface area contributed by atoms with Crippen molar-refractivity contribution < 1.29 is 4.74 Å². The summed E-state index contributed by atoms with van der Waals surface area (Å²) in [7, 11) is 2.06. The summed E-state index contributed by atoms with van der Waals surface area (Å²) in [6.07, 6.45) is 5.89. The number of hydrogen-bond donors (Lipinski definition) is 0. The van der Waals surface area contributed by atoms with Gasteiger partial charge in [-0.25, -0.2) is 0 Å². The van der Waals surface area contributed by atoms with Crippen LogP contribution in [0, 0.1) is 5.41 Å². The highest BCUT2D eigenvalue weighted by atomic mass is 16.5. The Hall–Kier alpha value is -2.31. The van der Waals surface area contributed by atoms with Gasteiger partial charge in [-0.2, -0.15) is 0 Å². The number of pyridine rings is 1. The number of aromatic nitrogens is 4. The van der Waals surface area contributed by atoms with Crippen LogP contribution in [0.2, 0.25) is 0 Å². The van der Waals surface area contributed by atoms with E-state index in [1.807, 2.05) is 18.6 Å². The minimum absolute atomic E-state index is 0.233. The third-order valence-corrected chi connectivity index (χ3v) is 6.38. The van der Waals surface area contributed by atoms with E-state index in [0.29, 0.717) is 5.92 Å². The normalized spacial score (nSPS) is 22.6. The van der Waals surface area contributed by atoms with E-state index in [4.69, 9.17) is 4.74 Å². The van der Waals surface area contributed by atoms with Crippen LogP contribution >= 0.6 is 0 Å². The van der Waals surface area contributed by atoms with E-state index in [-0.39, 0.29) is 5.41 Å². The van der Waals surface area contributed by atoms with Gasteiger partial charge in [-0.1, -0.05) is 24.3 Å². The van der Waals surface area contributed by atoms with Gasteiger partial charge in [-0.05, 0) is 29.9 Å². The second-order valence-corrected chi connectivity index (χ2v) is 7.99. The molecule has 1 spiro atoms. The summed E-state index contributed by atoms with van der Waals surface area (Å²) in [5, 5.41) is 9.83. The summed E-state index contributed by atoms with van der Waals surface area (Å²) in [5.41, 5.74) is 2.65. The maximum Gasteiger partial charge on any atom is 0.137 e. The van der Waals surface area contributed by atoms with Crippen molar-refractivity contribution in [3.05, 3.63) is 54.2 Å². The number of benzene rings is 1. The van der Waals surface area contributed by atoms with Gasteiger partial charge in [0.2, 0.25) is 0 Å². The summed E-state index contributed by atoms with van der Waals surface area (Å²) < 4.78 is 7.78. The number of ether oxygens (including phenoxy) is 1. The molecule has 6 heteroatoms. The quantitative estimate of drug-likeness (QED) is 0.716. The third-order valence-electron chi connectivity index (χ3n) is 6.38. The molecule has 27 heavy (non-hydrogen) atoms. The fraction of sp³-hybridized carbons (Fsp3) is 0.476. The van der Waals surface area contributed by atoms with Crippen molar-refractivity contribution >= 4 is 10.9 Å². The fourth-order valence-corrected chi connectivity index (χ4v) is 4.98. The molecule has 0 N–H and O–H groups in total. The zero-order valence-electron chi connectivity index (χ0n) is 15.7. The van der Waals surface area contributed by atoms with Gasteiger partial charge in [0, 0.05) is 57.4 Å². The van der Waals surface area contributed by atoms with E-state index in [9.17, 15) is 0 Å². The molecule has 140 valence electrons. The lowest BCUT2D eigenvalue weighted by Gasteiger charge is -2.37. The molecule has 4 heterocycles. The smallest absolute Gasteiger partial charge is 0.137 e. The van der Waals surface area contributed by atoms with Crippen LogP contribution in [-0.4, -0.2) is 51.0 Å². The van der Waals surface area contributed by atoms with Gasteiger partial charge in [0.15, 0.2) is 0 Å². The van der Waals surface area contributed by atoms with Crippen LogP contribution in [0.3, 0.4) is 0 Å². The van der Waals surface area contributed by atoms with E-state index < -0.39 is 0 Å². The first-order valence-electron chi connectivity index (χ1n) is 9.72. The Morgan fingerprint density at radius 2 is 2.04 bits per heavy atom. The van der Waals surface area contributed by atoms with Crippen molar-refractivity contribution in [2.45, 2.75) is 25.3 Å². The first-order valence-corrected chi connectivity index (χ1v) is 9.72. The van der Waals surface area contributed by atoms with Gasteiger partial charge in [0.05, 0.1) is 5.52 Å². The monoisotopic (exact) mass is 363 g/mol. The molecule has 0 aliphatic carbocycles. The van der Waals surface area contributed by atoms with Crippen LogP contribution in [0.1, 0.15) is 30.1 Å². The van der Waals surface area contributed by atoms with Gasteiger partial charge in [-0.15, -0.1) is 10.2 Å². The molecule has 0 radical (unpaired) electrons. The van der Waals surface area contributed by atoms with E-state index in [1.54, 1.807) is 0 Å². The molecule has 2 aliphatic rings. The minimum Gasteiger partial charge on any atom is -0.381 e. The fourth-order valence-electron chi connectivity index (χ4n) is 4.98. The van der Waals surface area contributed by atoms with Crippen LogP contribution in [0.4, 0.5) is 0 Å². The number of rotatable bonds is 3. The van der Waals surface area contributed by atoms with Crippen LogP contribution in [0.5, 0.6) is 0 Å². The van der Waals surface area contributed by atoms with Crippen molar-refractivity contribution in [1.29, 1.82) is 0 Å². The number of para-hydroxylation sites is 1. The lowest BCUT2D eigenvalue weighted by molar-refractivity contribution is 0.0105. The van der Waals surface area contributed by atoms with Gasteiger partial charge < -0.3 is 9.30 Å². The molecule has 1 unspecified atom stereocenters. The standard InChI is InChI=1S/C21H25N5O/c1-25-15-23-24-20(25)18-13-26(14-21(18)7-10-27-11-8-21)12-17-5-2-4-16-6-3-9-22-19(16)17/h2-6,9,15,18H,7-8,10-14H2,1H3. The lowest BCUT2D eigenvalue weighted by Crippen LogP contribution is -2.36. The van der Waals surface area contributed by atoms with E-state index >= 15 is 0 Å². The Labute approximate surface area is 159 Å². The van der Waals surface area contributed by atoms with Crippen LogP contribution in [0.25, 0.3) is 10.9 Å². The summed E-state index contributed by atoms with van der Waals surface area (Å²) in [6, 6.07) is 10.6. The number of likely N-dealkylation sites (tertiary alicyclic amines) is 1. The largest absolute Gasteiger partial charge is 0.381 e. The summed E-state index contributed by atoms with van der Waals surface area (Å²) >= 11 is 0. The molecule has 2 aromatic heterocycles. The highest BCUT2D eigenvalue weighted by Crippen LogP contribution is 2.49. The average molecular weight is 363 g/mol. The Bertz CT molecular complexity index is 941. The number of hydrogen-bond acceptors (Lipinski definition) is 5. The maximum atomic E-state index is 5.69. The maximum absolute atomic E-state index is 5.69. The van der Waals surface area contributed by atoms with E-state index in [2.05, 4.69) is 56.0 Å². The number of fused-ring (bicyclic) bond motifs is 1. The Morgan fingerprint density at radius 1 is 1.19 bits per heavy atom. The Kier molecular flexibility index (Phi) is 4.17. The molecule has 1 atom stereocenters. The highest BCUT2D eigenvalue weighted by molar-refractivity contribution is 5.81. The van der Waals surface area contributed by atoms with E-state index in [1.165, 1.54) is 10.9 Å². The van der Waals surface area contributed by atoms with Crippen molar-refractivity contribution in [2.75, 3.05) is 26.3 Å².